The smallest absolute Gasteiger partial charge is 0.305 e. The van der Waals surface area contributed by atoms with Crippen LogP contribution >= 0.6 is 0 Å². The molecule has 1 amide bonds. The normalized spacial score (nSPS) is 11.6. The standard InChI is InChI=1S/C21H25NO5/c1-13-6-5-7-14(2)16(13)11-20(23)22-17(12-21(24)25)15-8-9-18(26-3)19(10-15)27-4/h5-10,17H,11-12H2,1-4H3,(H,22,23)(H,24,25). The summed E-state index contributed by atoms with van der Waals surface area (Å²) in [4.78, 5) is 23.9. The van der Waals surface area contributed by atoms with Gasteiger partial charge in [-0.25, -0.2) is 0 Å². The van der Waals surface area contributed by atoms with Crippen LogP contribution in [0.1, 0.15) is 34.7 Å². The Bertz CT molecular complexity index is 811. The highest BCUT2D eigenvalue weighted by Crippen LogP contribution is 2.31. The van der Waals surface area contributed by atoms with E-state index in [1.165, 1.54) is 14.2 Å². The Morgan fingerprint density at radius 3 is 2.22 bits per heavy atom. The molecule has 0 saturated heterocycles. The second-order valence-corrected chi connectivity index (χ2v) is 6.38. The molecular formula is C21H25NO5. The van der Waals surface area contributed by atoms with Gasteiger partial charge in [-0.2, -0.15) is 0 Å². The largest absolute Gasteiger partial charge is 0.493 e. The summed E-state index contributed by atoms with van der Waals surface area (Å²) in [5, 5.41) is 12.1. The van der Waals surface area contributed by atoms with Gasteiger partial charge in [-0.1, -0.05) is 24.3 Å². The average molecular weight is 371 g/mol. The molecule has 27 heavy (non-hydrogen) atoms. The van der Waals surface area contributed by atoms with Gasteiger partial charge in [0.1, 0.15) is 0 Å². The molecule has 1 atom stereocenters. The number of ether oxygens (including phenoxy) is 2. The van der Waals surface area contributed by atoms with Crippen molar-refractivity contribution in [1.82, 2.24) is 5.32 Å². The third-order valence-corrected chi connectivity index (χ3v) is 4.51. The predicted octanol–water partition coefficient (Wildman–Crippen LogP) is 3.20. The highest BCUT2D eigenvalue weighted by atomic mass is 16.5. The second kappa shape index (κ2) is 9.07. The first-order valence-electron chi connectivity index (χ1n) is 8.63. The molecule has 0 saturated carbocycles. The van der Waals surface area contributed by atoms with Crippen molar-refractivity contribution in [1.29, 1.82) is 0 Å². The Morgan fingerprint density at radius 2 is 1.67 bits per heavy atom. The predicted molar refractivity (Wildman–Crippen MR) is 102 cm³/mol. The van der Waals surface area contributed by atoms with Gasteiger partial charge in [-0.15, -0.1) is 0 Å². The summed E-state index contributed by atoms with van der Waals surface area (Å²) in [7, 11) is 3.03. The Morgan fingerprint density at radius 1 is 1.04 bits per heavy atom. The van der Waals surface area contributed by atoms with Crippen LogP contribution in [0.4, 0.5) is 0 Å². The van der Waals surface area contributed by atoms with E-state index in [0.717, 1.165) is 16.7 Å². The van der Waals surface area contributed by atoms with Crippen LogP contribution in [0.2, 0.25) is 0 Å². The summed E-state index contributed by atoms with van der Waals surface area (Å²) in [6.45, 7) is 3.91. The van der Waals surface area contributed by atoms with Crippen molar-refractivity contribution in [3.05, 3.63) is 58.7 Å². The summed E-state index contributed by atoms with van der Waals surface area (Å²) in [6, 6.07) is 10.3. The first kappa shape index (κ1) is 20.3. The molecule has 1 unspecified atom stereocenters. The van der Waals surface area contributed by atoms with Gasteiger partial charge >= 0.3 is 5.97 Å². The van der Waals surface area contributed by atoms with Crippen LogP contribution in [0.5, 0.6) is 11.5 Å². The third kappa shape index (κ3) is 5.23. The summed E-state index contributed by atoms with van der Waals surface area (Å²) in [5.41, 5.74) is 3.67. The maximum absolute atomic E-state index is 12.6. The number of aliphatic carboxylic acids is 1. The van der Waals surface area contributed by atoms with Gasteiger partial charge in [0.25, 0.3) is 0 Å². The van der Waals surface area contributed by atoms with Crippen molar-refractivity contribution >= 4 is 11.9 Å². The molecule has 2 N–H and O–H groups in total. The van der Waals surface area contributed by atoms with Gasteiger partial charge in [0.05, 0.1) is 33.1 Å². The van der Waals surface area contributed by atoms with Crippen molar-refractivity contribution in [2.75, 3.05) is 14.2 Å². The number of nitrogens with one attached hydrogen (secondary N) is 1. The number of aryl methyl sites for hydroxylation is 2. The summed E-state index contributed by atoms with van der Waals surface area (Å²) >= 11 is 0. The highest BCUT2D eigenvalue weighted by Gasteiger charge is 2.20. The van der Waals surface area contributed by atoms with E-state index in [0.29, 0.717) is 17.1 Å². The minimum absolute atomic E-state index is 0.196. The molecule has 2 aromatic rings. The maximum atomic E-state index is 12.6. The van der Waals surface area contributed by atoms with Crippen molar-refractivity contribution < 1.29 is 24.2 Å². The lowest BCUT2D eigenvalue weighted by molar-refractivity contribution is -0.137. The molecule has 144 valence electrons. The number of hydrogen-bond donors (Lipinski definition) is 2. The van der Waals surface area contributed by atoms with Crippen molar-refractivity contribution in [3.63, 3.8) is 0 Å². The van der Waals surface area contributed by atoms with E-state index in [1.807, 2.05) is 32.0 Å². The first-order valence-corrected chi connectivity index (χ1v) is 8.63. The van der Waals surface area contributed by atoms with Crippen molar-refractivity contribution in [3.8, 4) is 11.5 Å². The Hall–Kier alpha value is -3.02. The number of carbonyl (C=O) groups is 2. The topological polar surface area (TPSA) is 84.9 Å². The van der Waals surface area contributed by atoms with E-state index in [-0.39, 0.29) is 18.7 Å². The van der Waals surface area contributed by atoms with E-state index in [2.05, 4.69) is 5.32 Å². The summed E-state index contributed by atoms with van der Waals surface area (Å²) in [5.74, 6) is -0.206. The summed E-state index contributed by atoms with van der Waals surface area (Å²) in [6.07, 6.45) is -0.0319. The Kier molecular flexibility index (Phi) is 6.82. The number of amides is 1. The minimum atomic E-state index is -0.998. The number of carboxylic acids is 1. The molecule has 0 aromatic heterocycles. The molecule has 0 spiro atoms. The Balaban J connectivity index is 2.24. The van der Waals surface area contributed by atoms with Gasteiger partial charge < -0.3 is 19.9 Å². The number of rotatable bonds is 8. The van der Waals surface area contributed by atoms with Crippen LogP contribution in [-0.2, 0) is 16.0 Å². The first-order chi connectivity index (χ1) is 12.8. The zero-order valence-electron chi connectivity index (χ0n) is 16.0. The monoisotopic (exact) mass is 371 g/mol. The highest BCUT2D eigenvalue weighted by molar-refractivity contribution is 5.80. The van der Waals surface area contributed by atoms with Crippen LogP contribution in [0.3, 0.4) is 0 Å². The second-order valence-electron chi connectivity index (χ2n) is 6.38. The number of benzene rings is 2. The molecule has 0 aliphatic carbocycles. The SMILES string of the molecule is COc1ccc(C(CC(=O)O)NC(=O)Cc2c(C)cccc2C)cc1OC. The fourth-order valence-corrected chi connectivity index (χ4v) is 3.03. The van der Waals surface area contributed by atoms with E-state index in [1.54, 1.807) is 18.2 Å². The molecule has 0 heterocycles. The number of carboxylic acid groups (broad SMARTS) is 1. The number of methoxy groups -OCH3 is 2. The number of carbonyl (C=O) groups excluding carboxylic acids is 1. The van der Waals surface area contributed by atoms with Gasteiger partial charge in [0.2, 0.25) is 5.91 Å². The van der Waals surface area contributed by atoms with Crippen LogP contribution < -0.4 is 14.8 Å². The van der Waals surface area contributed by atoms with Crippen LogP contribution in [0.15, 0.2) is 36.4 Å². The van der Waals surface area contributed by atoms with Crippen LogP contribution in [0.25, 0.3) is 0 Å². The maximum Gasteiger partial charge on any atom is 0.305 e. The van der Waals surface area contributed by atoms with Gasteiger partial charge in [-0.3, -0.25) is 9.59 Å². The Labute approximate surface area is 159 Å². The van der Waals surface area contributed by atoms with Gasteiger partial charge in [-0.05, 0) is 48.2 Å². The molecule has 0 fully saturated rings. The zero-order chi connectivity index (χ0) is 20.0. The lowest BCUT2D eigenvalue weighted by Gasteiger charge is -2.20. The van der Waals surface area contributed by atoms with Crippen LogP contribution in [0, 0.1) is 13.8 Å². The fourth-order valence-electron chi connectivity index (χ4n) is 3.03. The number of hydrogen-bond acceptors (Lipinski definition) is 4. The molecule has 0 radical (unpaired) electrons. The molecular weight excluding hydrogens is 346 g/mol. The van der Waals surface area contributed by atoms with Crippen LogP contribution in [-0.4, -0.2) is 31.2 Å². The molecule has 0 bridgehead atoms. The lowest BCUT2D eigenvalue weighted by atomic mass is 9.98. The molecule has 0 aliphatic rings. The average Bonchev–Trinajstić information content (AvgIpc) is 2.63. The van der Waals surface area contributed by atoms with Gasteiger partial charge in [0, 0.05) is 0 Å². The molecule has 6 nitrogen and oxygen atoms in total. The van der Waals surface area contributed by atoms with Gasteiger partial charge in [0.15, 0.2) is 11.5 Å². The molecule has 2 aromatic carbocycles. The molecule has 6 heteroatoms. The van der Waals surface area contributed by atoms with E-state index < -0.39 is 12.0 Å². The van der Waals surface area contributed by atoms with E-state index >= 15 is 0 Å². The molecule has 0 aliphatic heterocycles. The minimum Gasteiger partial charge on any atom is -0.493 e. The lowest BCUT2D eigenvalue weighted by Crippen LogP contribution is -2.31. The summed E-state index contributed by atoms with van der Waals surface area (Å²) < 4.78 is 10.5. The van der Waals surface area contributed by atoms with Crippen molar-refractivity contribution in [2.45, 2.75) is 32.7 Å². The molecule has 2 rings (SSSR count). The zero-order valence-corrected chi connectivity index (χ0v) is 16.0. The fraction of sp³-hybridized carbons (Fsp3) is 0.333. The quantitative estimate of drug-likeness (QED) is 0.744. The third-order valence-electron chi connectivity index (χ3n) is 4.51. The van der Waals surface area contributed by atoms with E-state index in [4.69, 9.17) is 9.47 Å². The van der Waals surface area contributed by atoms with Crippen molar-refractivity contribution in [2.24, 2.45) is 0 Å². The van der Waals surface area contributed by atoms with E-state index in [9.17, 15) is 14.7 Å².